The summed E-state index contributed by atoms with van der Waals surface area (Å²) in [5.41, 5.74) is 1.09. The number of ether oxygens (including phenoxy) is 1. The molecule has 1 N–H and O–H groups in total. The Hall–Kier alpha value is -1.55. The highest BCUT2D eigenvalue weighted by Crippen LogP contribution is 2.35. The Balaban J connectivity index is 2.32. The van der Waals surface area contributed by atoms with Crippen molar-refractivity contribution in [3.63, 3.8) is 0 Å². The molecule has 1 aromatic rings. The molecule has 0 aliphatic carbocycles. The average molecular weight is 277 g/mol. The molecule has 1 heterocycles. The van der Waals surface area contributed by atoms with Crippen molar-refractivity contribution in [2.75, 3.05) is 13.7 Å². The summed E-state index contributed by atoms with van der Waals surface area (Å²) >= 11 is 0. The van der Waals surface area contributed by atoms with Crippen molar-refractivity contribution in [1.29, 1.82) is 0 Å². The van der Waals surface area contributed by atoms with Gasteiger partial charge in [-0.2, -0.15) is 0 Å². The highest BCUT2D eigenvalue weighted by atomic mass is 16.5. The summed E-state index contributed by atoms with van der Waals surface area (Å²) in [5, 5.41) is 9.45. The number of carboxylic acids is 1. The number of aliphatic carboxylic acids is 1. The number of piperidine rings is 1. The minimum absolute atomic E-state index is 0.104. The molecule has 0 radical (unpaired) electrons. The third-order valence-electron chi connectivity index (χ3n) is 4.11. The summed E-state index contributed by atoms with van der Waals surface area (Å²) in [6.07, 6.45) is 3.68. The van der Waals surface area contributed by atoms with Gasteiger partial charge in [0.25, 0.3) is 0 Å². The smallest absolute Gasteiger partial charge is 0.320 e. The number of hydrogen-bond donors (Lipinski definition) is 1. The summed E-state index contributed by atoms with van der Waals surface area (Å²) in [4.78, 5) is 13.6. The van der Waals surface area contributed by atoms with Crippen molar-refractivity contribution in [3.8, 4) is 5.75 Å². The summed E-state index contributed by atoms with van der Waals surface area (Å²) < 4.78 is 5.44. The molecule has 2 unspecified atom stereocenters. The number of carboxylic acid groups (broad SMARTS) is 1. The number of benzene rings is 1. The van der Waals surface area contributed by atoms with Gasteiger partial charge in [-0.1, -0.05) is 31.5 Å². The van der Waals surface area contributed by atoms with Crippen LogP contribution in [0.4, 0.5) is 0 Å². The lowest BCUT2D eigenvalue weighted by molar-refractivity contribution is -0.146. The van der Waals surface area contributed by atoms with Crippen LogP contribution in [0.15, 0.2) is 24.3 Å². The number of para-hydroxylation sites is 1. The summed E-state index contributed by atoms with van der Waals surface area (Å²) in [6, 6.07) is 7.64. The van der Waals surface area contributed by atoms with Crippen molar-refractivity contribution in [1.82, 2.24) is 4.90 Å². The molecule has 0 amide bonds. The largest absolute Gasteiger partial charge is 0.496 e. The summed E-state index contributed by atoms with van der Waals surface area (Å²) in [6.45, 7) is 2.94. The standard InChI is InChI=1S/C16H23NO3/c1-3-13(12-8-4-5-10-15(12)20-2)17-11-7-6-9-14(17)16(18)19/h4-5,8,10,13-14H,3,6-7,9,11H2,1-2H3,(H,18,19). The van der Waals surface area contributed by atoms with Crippen molar-refractivity contribution in [2.24, 2.45) is 0 Å². The molecule has 4 nitrogen and oxygen atoms in total. The second-order valence-electron chi connectivity index (χ2n) is 5.25. The van der Waals surface area contributed by atoms with Crippen molar-refractivity contribution < 1.29 is 14.6 Å². The maximum absolute atomic E-state index is 11.5. The van der Waals surface area contributed by atoms with Gasteiger partial charge in [-0.3, -0.25) is 9.69 Å². The van der Waals surface area contributed by atoms with Crippen molar-refractivity contribution >= 4 is 5.97 Å². The van der Waals surface area contributed by atoms with Gasteiger partial charge in [0, 0.05) is 11.6 Å². The van der Waals surface area contributed by atoms with Gasteiger partial charge in [-0.05, 0) is 31.9 Å². The molecule has 1 aliphatic heterocycles. The molecule has 0 bridgehead atoms. The molecule has 2 atom stereocenters. The normalized spacial score (nSPS) is 21.4. The van der Waals surface area contributed by atoms with Crippen LogP contribution in [0.2, 0.25) is 0 Å². The fourth-order valence-electron chi connectivity index (χ4n) is 3.17. The minimum Gasteiger partial charge on any atom is -0.496 e. The molecule has 1 fully saturated rings. The van der Waals surface area contributed by atoms with Crippen LogP contribution in [0.5, 0.6) is 5.75 Å². The molecule has 1 aromatic carbocycles. The number of carbonyl (C=O) groups is 1. The lowest BCUT2D eigenvalue weighted by Gasteiger charge is -2.39. The number of nitrogens with zero attached hydrogens (tertiary/aromatic N) is 1. The van der Waals surface area contributed by atoms with E-state index in [-0.39, 0.29) is 12.1 Å². The van der Waals surface area contributed by atoms with Crippen LogP contribution < -0.4 is 4.74 Å². The van der Waals surface area contributed by atoms with Crippen LogP contribution in [0.25, 0.3) is 0 Å². The SMILES string of the molecule is CCC(c1ccccc1OC)N1CCCCC1C(=O)O. The van der Waals surface area contributed by atoms with E-state index in [1.54, 1.807) is 7.11 Å². The Bertz CT molecular complexity index is 461. The van der Waals surface area contributed by atoms with E-state index in [0.717, 1.165) is 43.5 Å². The maximum Gasteiger partial charge on any atom is 0.320 e. The predicted molar refractivity (Wildman–Crippen MR) is 78.0 cm³/mol. The zero-order valence-electron chi connectivity index (χ0n) is 12.2. The van der Waals surface area contributed by atoms with E-state index >= 15 is 0 Å². The first-order valence-corrected chi connectivity index (χ1v) is 7.30. The molecular formula is C16H23NO3. The Labute approximate surface area is 120 Å². The number of methoxy groups -OCH3 is 1. The van der Waals surface area contributed by atoms with Crippen molar-refractivity contribution in [3.05, 3.63) is 29.8 Å². The van der Waals surface area contributed by atoms with Gasteiger partial charge in [0.1, 0.15) is 11.8 Å². The molecule has 1 aliphatic rings. The number of rotatable bonds is 5. The zero-order valence-corrected chi connectivity index (χ0v) is 12.2. The van der Waals surface area contributed by atoms with Gasteiger partial charge in [0.2, 0.25) is 0 Å². The summed E-state index contributed by atoms with van der Waals surface area (Å²) in [5.74, 6) is 0.132. The maximum atomic E-state index is 11.5. The van der Waals surface area contributed by atoms with E-state index in [9.17, 15) is 9.90 Å². The van der Waals surface area contributed by atoms with Gasteiger partial charge in [-0.15, -0.1) is 0 Å². The van der Waals surface area contributed by atoms with Crippen LogP contribution in [0.1, 0.15) is 44.2 Å². The summed E-state index contributed by atoms with van der Waals surface area (Å²) in [7, 11) is 1.66. The van der Waals surface area contributed by atoms with Gasteiger partial charge in [0.05, 0.1) is 7.11 Å². The van der Waals surface area contributed by atoms with Gasteiger partial charge < -0.3 is 9.84 Å². The first kappa shape index (κ1) is 14.9. The minimum atomic E-state index is -0.710. The Morgan fingerprint density at radius 1 is 1.45 bits per heavy atom. The van der Waals surface area contributed by atoms with E-state index in [0.29, 0.717) is 0 Å². The van der Waals surface area contributed by atoms with Gasteiger partial charge >= 0.3 is 5.97 Å². The monoisotopic (exact) mass is 277 g/mol. The molecule has 4 heteroatoms. The molecule has 0 saturated carbocycles. The second-order valence-corrected chi connectivity index (χ2v) is 5.25. The zero-order chi connectivity index (χ0) is 14.5. The third-order valence-corrected chi connectivity index (χ3v) is 4.11. The first-order valence-electron chi connectivity index (χ1n) is 7.30. The molecule has 0 aromatic heterocycles. The molecule has 1 saturated heterocycles. The lowest BCUT2D eigenvalue weighted by atomic mass is 9.94. The van der Waals surface area contributed by atoms with E-state index < -0.39 is 5.97 Å². The molecular weight excluding hydrogens is 254 g/mol. The fraction of sp³-hybridized carbons (Fsp3) is 0.562. The molecule has 0 spiro atoms. The highest BCUT2D eigenvalue weighted by Gasteiger charge is 2.34. The van der Waals surface area contributed by atoms with Crippen LogP contribution >= 0.6 is 0 Å². The third kappa shape index (κ3) is 2.96. The van der Waals surface area contributed by atoms with Gasteiger partial charge in [-0.25, -0.2) is 0 Å². The Morgan fingerprint density at radius 3 is 2.85 bits per heavy atom. The number of hydrogen-bond acceptors (Lipinski definition) is 3. The average Bonchev–Trinajstić information content (AvgIpc) is 2.49. The van der Waals surface area contributed by atoms with E-state index in [4.69, 9.17) is 4.74 Å². The quantitative estimate of drug-likeness (QED) is 0.898. The van der Waals surface area contributed by atoms with Crippen LogP contribution in [0, 0.1) is 0 Å². The van der Waals surface area contributed by atoms with Crippen LogP contribution in [0.3, 0.4) is 0 Å². The van der Waals surface area contributed by atoms with E-state index in [1.165, 1.54) is 0 Å². The number of likely N-dealkylation sites (tertiary alicyclic amines) is 1. The van der Waals surface area contributed by atoms with Crippen LogP contribution in [-0.2, 0) is 4.79 Å². The Kier molecular flexibility index (Phi) is 5.01. The van der Waals surface area contributed by atoms with E-state index in [2.05, 4.69) is 11.8 Å². The van der Waals surface area contributed by atoms with Crippen molar-refractivity contribution in [2.45, 2.75) is 44.7 Å². The topological polar surface area (TPSA) is 49.8 Å². The highest BCUT2D eigenvalue weighted by molar-refractivity contribution is 5.73. The second kappa shape index (κ2) is 6.75. The molecule has 2 rings (SSSR count). The first-order chi connectivity index (χ1) is 9.69. The van der Waals surface area contributed by atoms with Crippen LogP contribution in [-0.4, -0.2) is 35.7 Å². The molecule has 110 valence electrons. The fourth-order valence-corrected chi connectivity index (χ4v) is 3.17. The molecule has 20 heavy (non-hydrogen) atoms. The van der Waals surface area contributed by atoms with Gasteiger partial charge in [0.15, 0.2) is 0 Å². The Morgan fingerprint density at radius 2 is 2.20 bits per heavy atom. The lowest BCUT2D eigenvalue weighted by Crippen LogP contribution is -2.46. The predicted octanol–water partition coefficient (Wildman–Crippen LogP) is 3.09. The van der Waals surface area contributed by atoms with E-state index in [1.807, 2.05) is 24.3 Å².